The molecule has 0 atom stereocenters. The van der Waals surface area contributed by atoms with Crippen molar-refractivity contribution in [1.29, 1.82) is 0 Å². The lowest BCUT2D eigenvalue weighted by molar-refractivity contribution is 0.886. The summed E-state index contributed by atoms with van der Waals surface area (Å²) in [6.07, 6.45) is 5.64. The minimum Gasteiger partial charge on any atom is -0.377 e. The zero-order valence-corrected chi connectivity index (χ0v) is 11.7. The molecule has 0 bridgehead atoms. The number of hydrogen-bond acceptors (Lipinski definition) is 2. The maximum absolute atomic E-state index is 4.27. The van der Waals surface area contributed by atoms with Crippen molar-refractivity contribution in [3.05, 3.63) is 23.5 Å². The van der Waals surface area contributed by atoms with E-state index in [4.69, 9.17) is 0 Å². The average molecular weight is 222 g/mol. The van der Waals surface area contributed by atoms with E-state index in [1.54, 1.807) is 0 Å². The lowest BCUT2D eigenvalue weighted by Crippen LogP contribution is -2.11. The Morgan fingerprint density at radius 1 is 1.12 bits per heavy atom. The molecule has 0 fully saturated rings. The fraction of sp³-hybridized carbons (Fsp3) is 0.643. The van der Waals surface area contributed by atoms with Gasteiger partial charge in [0.1, 0.15) is 0 Å². The normalized spacial score (nSPS) is 9.38. The van der Waals surface area contributed by atoms with Crippen LogP contribution in [0, 0.1) is 6.92 Å². The summed E-state index contributed by atoms with van der Waals surface area (Å²) in [6, 6.07) is 2.12. The van der Waals surface area contributed by atoms with Crippen LogP contribution in [0.5, 0.6) is 0 Å². The molecule has 0 unspecified atom stereocenters. The third-order valence-electron chi connectivity index (χ3n) is 2.46. The molecule has 92 valence electrons. The molecule has 1 aromatic heterocycles. The molecule has 0 saturated heterocycles. The lowest BCUT2D eigenvalue weighted by atomic mass is 10.1. The molecular formula is C14H26N2. The highest BCUT2D eigenvalue weighted by atomic mass is 15.1. The summed E-state index contributed by atoms with van der Waals surface area (Å²) < 4.78 is 0. The van der Waals surface area contributed by atoms with E-state index >= 15 is 0 Å². The van der Waals surface area contributed by atoms with Crippen molar-refractivity contribution in [2.75, 3.05) is 19.0 Å². The predicted molar refractivity (Wildman–Crippen MR) is 73.3 cm³/mol. The van der Waals surface area contributed by atoms with Gasteiger partial charge in [-0.2, -0.15) is 0 Å². The number of unbranched alkanes of at least 4 members (excludes halogenated alkanes) is 1. The molecule has 0 radical (unpaired) electrons. The zero-order chi connectivity index (χ0) is 12.6. The Morgan fingerprint density at radius 3 is 2.06 bits per heavy atom. The molecule has 0 saturated carbocycles. The molecule has 0 aliphatic rings. The molecule has 0 amide bonds. The van der Waals surface area contributed by atoms with E-state index in [0.717, 1.165) is 12.1 Å². The first-order chi connectivity index (χ1) is 7.56. The van der Waals surface area contributed by atoms with E-state index in [2.05, 4.69) is 50.8 Å². The third-order valence-corrected chi connectivity index (χ3v) is 2.46. The van der Waals surface area contributed by atoms with Crippen molar-refractivity contribution < 1.29 is 0 Å². The summed E-state index contributed by atoms with van der Waals surface area (Å²) >= 11 is 0. The second-order valence-electron chi connectivity index (χ2n) is 4.20. The molecular weight excluding hydrogens is 196 g/mol. The fourth-order valence-electron chi connectivity index (χ4n) is 1.26. The Labute approximate surface area is 101 Å². The molecule has 0 aliphatic carbocycles. The first-order valence-electron chi connectivity index (χ1n) is 6.19. The molecule has 0 aliphatic heterocycles. The van der Waals surface area contributed by atoms with Gasteiger partial charge in [-0.3, -0.25) is 4.98 Å². The van der Waals surface area contributed by atoms with E-state index < -0.39 is 0 Å². The zero-order valence-electron chi connectivity index (χ0n) is 11.7. The number of pyridine rings is 1. The summed E-state index contributed by atoms with van der Waals surface area (Å²) in [6.45, 7) is 8.53. The summed E-state index contributed by atoms with van der Waals surface area (Å²) in [5, 5.41) is 0. The van der Waals surface area contributed by atoms with E-state index in [1.807, 2.05) is 13.1 Å². The number of anilines is 1. The van der Waals surface area contributed by atoms with Crippen molar-refractivity contribution in [3.8, 4) is 0 Å². The second-order valence-corrected chi connectivity index (χ2v) is 4.20. The molecule has 1 aromatic rings. The number of aryl methyl sites for hydroxylation is 2. The van der Waals surface area contributed by atoms with Crippen LogP contribution >= 0.6 is 0 Å². The van der Waals surface area contributed by atoms with Gasteiger partial charge in [-0.15, -0.1) is 0 Å². The molecule has 1 heterocycles. The quantitative estimate of drug-likeness (QED) is 0.773. The Kier molecular flexibility index (Phi) is 7.61. The van der Waals surface area contributed by atoms with Crippen LogP contribution in [0.25, 0.3) is 0 Å². The molecule has 0 spiro atoms. The molecule has 2 nitrogen and oxygen atoms in total. The van der Waals surface area contributed by atoms with Crippen molar-refractivity contribution in [2.45, 2.75) is 47.0 Å². The maximum atomic E-state index is 4.27. The van der Waals surface area contributed by atoms with E-state index in [1.165, 1.54) is 24.1 Å². The van der Waals surface area contributed by atoms with Crippen molar-refractivity contribution in [1.82, 2.24) is 4.98 Å². The third kappa shape index (κ3) is 5.15. The first-order valence-corrected chi connectivity index (χ1v) is 6.19. The fourth-order valence-corrected chi connectivity index (χ4v) is 1.26. The van der Waals surface area contributed by atoms with Crippen LogP contribution in [0.3, 0.4) is 0 Å². The highest BCUT2D eigenvalue weighted by molar-refractivity contribution is 5.52. The average Bonchev–Trinajstić information content (AvgIpc) is 2.29. The van der Waals surface area contributed by atoms with E-state index in [9.17, 15) is 0 Å². The largest absolute Gasteiger partial charge is 0.377 e. The minimum atomic E-state index is 1.04. The number of nitrogens with zero attached hydrogens (tertiary/aromatic N) is 2. The summed E-state index contributed by atoms with van der Waals surface area (Å²) in [5.74, 6) is 0. The van der Waals surface area contributed by atoms with Gasteiger partial charge in [0.15, 0.2) is 0 Å². The van der Waals surface area contributed by atoms with Gasteiger partial charge in [-0.25, -0.2) is 0 Å². The topological polar surface area (TPSA) is 16.1 Å². The van der Waals surface area contributed by atoms with Crippen LogP contribution < -0.4 is 4.90 Å². The van der Waals surface area contributed by atoms with E-state index in [-0.39, 0.29) is 0 Å². The van der Waals surface area contributed by atoms with Crippen molar-refractivity contribution >= 4 is 5.69 Å². The van der Waals surface area contributed by atoms with Crippen LogP contribution in [0.1, 0.15) is 44.9 Å². The van der Waals surface area contributed by atoms with Crippen LogP contribution in [-0.4, -0.2) is 19.1 Å². The van der Waals surface area contributed by atoms with Crippen molar-refractivity contribution in [2.24, 2.45) is 0 Å². The maximum Gasteiger partial charge on any atom is 0.0427 e. The second kappa shape index (κ2) is 8.14. The molecule has 0 N–H and O–H groups in total. The minimum absolute atomic E-state index is 1.04. The van der Waals surface area contributed by atoms with Gasteiger partial charge in [-0.1, -0.05) is 33.6 Å². The van der Waals surface area contributed by atoms with Crippen LogP contribution in [0.2, 0.25) is 0 Å². The Hall–Kier alpha value is -1.05. The van der Waals surface area contributed by atoms with Crippen molar-refractivity contribution in [3.63, 3.8) is 0 Å². The smallest absolute Gasteiger partial charge is 0.0427 e. The molecule has 2 heteroatoms. The van der Waals surface area contributed by atoms with E-state index in [0.29, 0.717) is 0 Å². The predicted octanol–water partition coefficient (Wildman–Crippen LogP) is 3.82. The Bertz CT molecular complexity index is 291. The molecule has 0 aromatic carbocycles. The van der Waals surface area contributed by atoms with Gasteiger partial charge in [0.05, 0.1) is 0 Å². The van der Waals surface area contributed by atoms with Gasteiger partial charge in [0.2, 0.25) is 0 Å². The standard InChI is InChI=1S/C10H16N2.C4H10/c1-5-9-7-11-8(2)6-10(9)12(3)4;1-3-4-2/h6-7H,5H2,1-4H3;3-4H2,1-2H3. The van der Waals surface area contributed by atoms with Crippen LogP contribution in [0.15, 0.2) is 12.3 Å². The lowest BCUT2D eigenvalue weighted by Gasteiger charge is -2.16. The van der Waals surface area contributed by atoms with Gasteiger partial charge in [-0.05, 0) is 25.0 Å². The Morgan fingerprint density at radius 2 is 1.69 bits per heavy atom. The van der Waals surface area contributed by atoms with Crippen LogP contribution in [0.4, 0.5) is 5.69 Å². The first kappa shape index (κ1) is 14.9. The van der Waals surface area contributed by atoms with Gasteiger partial charge < -0.3 is 4.90 Å². The number of hydrogen-bond donors (Lipinski definition) is 0. The summed E-state index contributed by atoms with van der Waals surface area (Å²) in [4.78, 5) is 6.40. The SMILES string of the molecule is CCCC.CCc1cnc(C)cc1N(C)C. The molecule has 1 rings (SSSR count). The highest BCUT2D eigenvalue weighted by Gasteiger charge is 2.02. The molecule has 16 heavy (non-hydrogen) atoms. The van der Waals surface area contributed by atoms with Gasteiger partial charge in [0.25, 0.3) is 0 Å². The number of aromatic nitrogens is 1. The van der Waals surface area contributed by atoms with Gasteiger partial charge in [0, 0.05) is 31.7 Å². The summed E-state index contributed by atoms with van der Waals surface area (Å²) in [7, 11) is 4.13. The Balaban J connectivity index is 0.000000487. The van der Waals surface area contributed by atoms with Gasteiger partial charge >= 0.3 is 0 Å². The summed E-state index contributed by atoms with van der Waals surface area (Å²) in [5.41, 5.74) is 3.67. The monoisotopic (exact) mass is 222 g/mol. The highest BCUT2D eigenvalue weighted by Crippen LogP contribution is 2.18. The number of rotatable bonds is 3. The van der Waals surface area contributed by atoms with Crippen LogP contribution in [-0.2, 0) is 6.42 Å².